The van der Waals surface area contributed by atoms with Crippen LogP contribution in [0.15, 0.2) is 51.5 Å². The number of hydrogen-bond donors (Lipinski definition) is 1. The molecule has 32 heavy (non-hydrogen) atoms. The maximum Gasteiger partial charge on any atom is 0.266 e. The van der Waals surface area contributed by atoms with Crippen LogP contribution in [0.25, 0.3) is 11.7 Å². The molecule has 8 nitrogen and oxygen atoms in total. The first-order chi connectivity index (χ1) is 15.5. The molecule has 1 aliphatic rings. The fourth-order valence-corrected chi connectivity index (χ4v) is 3.71. The molecule has 1 saturated heterocycles. The zero-order valence-corrected chi connectivity index (χ0v) is 17.8. The fourth-order valence-electron chi connectivity index (χ4n) is 3.71. The van der Waals surface area contributed by atoms with Gasteiger partial charge in [-0.2, -0.15) is 10.2 Å². The summed E-state index contributed by atoms with van der Waals surface area (Å²) in [6.07, 6.45) is 2.17. The monoisotopic (exact) mass is 437 g/mol. The van der Waals surface area contributed by atoms with Gasteiger partial charge in [-0.05, 0) is 43.2 Å². The molecule has 1 aliphatic heterocycles. The molecule has 4 rings (SSSR count). The average Bonchev–Trinajstić information content (AvgIpc) is 3.50. The third-order valence-electron chi connectivity index (χ3n) is 5.60. The van der Waals surface area contributed by atoms with E-state index in [2.05, 4.69) is 21.3 Å². The van der Waals surface area contributed by atoms with Gasteiger partial charge in [0, 0.05) is 32.7 Å². The molecule has 0 saturated carbocycles. The summed E-state index contributed by atoms with van der Waals surface area (Å²) in [6, 6.07) is 11.5. The van der Waals surface area contributed by atoms with Crippen LogP contribution in [0.3, 0.4) is 0 Å². The topological polar surface area (TPSA) is 98.5 Å². The third-order valence-corrected chi connectivity index (χ3v) is 5.60. The second-order valence-corrected chi connectivity index (χ2v) is 7.63. The zero-order valence-electron chi connectivity index (χ0n) is 17.8. The summed E-state index contributed by atoms with van der Waals surface area (Å²) in [5, 5.41) is 12.4. The Balaban J connectivity index is 1.29. The first-order valence-corrected chi connectivity index (χ1v) is 10.5. The number of nitriles is 1. The lowest BCUT2D eigenvalue weighted by atomic mass is 10.1. The van der Waals surface area contributed by atoms with Gasteiger partial charge in [-0.15, -0.1) is 0 Å². The number of nitrogens with zero attached hydrogens (tertiary/aromatic N) is 4. The number of piperazine rings is 1. The molecule has 3 aromatic rings. The zero-order chi connectivity index (χ0) is 22.5. The highest BCUT2D eigenvalue weighted by Gasteiger charge is 2.29. The summed E-state index contributed by atoms with van der Waals surface area (Å²) in [5.41, 5.74) is 1.19. The quantitative estimate of drug-likeness (QED) is 0.607. The number of oxazole rings is 1. The SMILES string of the molecule is CC(C(=O)NCCc1ccc(F)cc1)N1CCN(c2oc(-c3ccco3)nc2C#N)CC1. The van der Waals surface area contributed by atoms with Gasteiger partial charge in [0.05, 0.1) is 12.3 Å². The van der Waals surface area contributed by atoms with Crippen molar-refractivity contribution in [1.82, 2.24) is 15.2 Å². The van der Waals surface area contributed by atoms with Crippen LogP contribution in [0, 0.1) is 17.1 Å². The van der Waals surface area contributed by atoms with E-state index in [4.69, 9.17) is 8.83 Å². The summed E-state index contributed by atoms with van der Waals surface area (Å²) in [6.45, 7) is 4.88. The van der Waals surface area contributed by atoms with Crippen LogP contribution in [-0.4, -0.2) is 54.6 Å². The van der Waals surface area contributed by atoms with Crippen molar-refractivity contribution >= 4 is 11.8 Å². The van der Waals surface area contributed by atoms with E-state index in [1.54, 1.807) is 24.3 Å². The number of aromatic nitrogens is 1. The van der Waals surface area contributed by atoms with E-state index in [0.29, 0.717) is 50.8 Å². The normalized spacial score (nSPS) is 15.3. The molecule has 9 heteroatoms. The molecule has 166 valence electrons. The Hall–Kier alpha value is -3.64. The molecule has 1 aromatic carbocycles. The smallest absolute Gasteiger partial charge is 0.266 e. The number of rotatable bonds is 7. The lowest BCUT2D eigenvalue weighted by Crippen LogP contribution is -2.54. The lowest BCUT2D eigenvalue weighted by molar-refractivity contribution is -0.126. The van der Waals surface area contributed by atoms with Crippen molar-refractivity contribution in [2.45, 2.75) is 19.4 Å². The summed E-state index contributed by atoms with van der Waals surface area (Å²) < 4.78 is 24.1. The van der Waals surface area contributed by atoms with Gasteiger partial charge in [-0.1, -0.05) is 12.1 Å². The summed E-state index contributed by atoms with van der Waals surface area (Å²) >= 11 is 0. The Kier molecular flexibility index (Phi) is 6.52. The van der Waals surface area contributed by atoms with E-state index in [1.165, 1.54) is 18.4 Å². The standard InChI is InChI=1S/C23H24FN5O3/c1-16(21(30)26-9-8-17-4-6-18(24)7-5-17)28-10-12-29(13-11-28)23-19(15-25)27-22(32-23)20-3-2-14-31-20/h2-7,14,16H,8-13H2,1H3,(H,26,30). The second-order valence-electron chi connectivity index (χ2n) is 7.63. The molecule has 1 N–H and O–H groups in total. The lowest BCUT2D eigenvalue weighted by Gasteiger charge is -2.37. The number of benzene rings is 1. The summed E-state index contributed by atoms with van der Waals surface area (Å²) in [4.78, 5) is 20.9. The largest absolute Gasteiger partial charge is 0.459 e. The van der Waals surface area contributed by atoms with Crippen molar-refractivity contribution in [1.29, 1.82) is 5.26 Å². The average molecular weight is 437 g/mol. The van der Waals surface area contributed by atoms with Crippen molar-refractivity contribution in [3.63, 3.8) is 0 Å². The Bertz CT molecular complexity index is 1080. The molecule has 0 bridgehead atoms. The third kappa shape index (κ3) is 4.81. The molecule has 1 amide bonds. The Morgan fingerprint density at radius 3 is 2.66 bits per heavy atom. The van der Waals surface area contributed by atoms with Crippen LogP contribution in [0.2, 0.25) is 0 Å². The molecule has 2 aromatic heterocycles. The minimum atomic E-state index is -0.283. The minimum absolute atomic E-state index is 0.0435. The van der Waals surface area contributed by atoms with Crippen molar-refractivity contribution < 1.29 is 18.0 Å². The van der Waals surface area contributed by atoms with Crippen LogP contribution < -0.4 is 10.2 Å². The van der Waals surface area contributed by atoms with E-state index in [9.17, 15) is 14.4 Å². The number of carbonyl (C=O) groups excluding carboxylic acids is 1. The molecule has 0 aliphatic carbocycles. The first kappa shape index (κ1) is 21.6. The fraction of sp³-hybridized carbons (Fsp3) is 0.348. The maximum absolute atomic E-state index is 13.0. The van der Waals surface area contributed by atoms with E-state index >= 15 is 0 Å². The predicted molar refractivity (Wildman–Crippen MR) is 115 cm³/mol. The van der Waals surface area contributed by atoms with E-state index in [1.807, 2.05) is 11.8 Å². The number of hydrogen-bond acceptors (Lipinski definition) is 7. The highest BCUT2D eigenvalue weighted by atomic mass is 19.1. The number of carbonyl (C=O) groups is 1. The summed E-state index contributed by atoms with van der Waals surface area (Å²) in [5.74, 6) is 0.859. The van der Waals surface area contributed by atoms with Gasteiger partial charge in [-0.25, -0.2) is 4.39 Å². The van der Waals surface area contributed by atoms with Crippen LogP contribution in [0.4, 0.5) is 10.3 Å². The molecule has 1 atom stereocenters. The maximum atomic E-state index is 13.0. The van der Waals surface area contributed by atoms with Crippen LogP contribution >= 0.6 is 0 Å². The molecular weight excluding hydrogens is 413 g/mol. The van der Waals surface area contributed by atoms with Crippen LogP contribution in [0.1, 0.15) is 18.2 Å². The number of halogens is 1. The highest BCUT2D eigenvalue weighted by Crippen LogP contribution is 2.29. The summed E-state index contributed by atoms with van der Waals surface area (Å²) in [7, 11) is 0. The number of furan rings is 1. The Morgan fingerprint density at radius 2 is 2.00 bits per heavy atom. The number of nitrogens with one attached hydrogen (secondary N) is 1. The predicted octanol–water partition coefficient (Wildman–Crippen LogP) is 2.81. The van der Waals surface area contributed by atoms with Crippen molar-refractivity contribution in [3.8, 4) is 17.7 Å². The van der Waals surface area contributed by atoms with Gasteiger partial charge < -0.3 is 19.1 Å². The van der Waals surface area contributed by atoms with Gasteiger partial charge in [0.1, 0.15) is 11.9 Å². The molecule has 1 fully saturated rings. The first-order valence-electron chi connectivity index (χ1n) is 10.5. The van der Waals surface area contributed by atoms with Gasteiger partial charge in [0.15, 0.2) is 5.76 Å². The number of anilines is 1. The van der Waals surface area contributed by atoms with Gasteiger partial charge in [0.2, 0.25) is 17.5 Å². The van der Waals surface area contributed by atoms with Crippen molar-refractivity contribution in [3.05, 3.63) is 59.7 Å². The van der Waals surface area contributed by atoms with E-state index < -0.39 is 0 Å². The van der Waals surface area contributed by atoms with Crippen LogP contribution in [-0.2, 0) is 11.2 Å². The Labute approximate surface area is 185 Å². The van der Waals surface area contributed by atoms with E-state index in [0.717, 1.165) is 5.56 Å². The molecule has 0 spiro atoms. The Morgan fingerprint density at radius 1 is 1.25 bits per heavy atom. The molecule has 3 heterocycles. The number of amides is 1. The molecular formula is C23H24FN5O3. The van der Waals surface area contributed by atoms with Crippen LogP contribution in [0.5, 0.6) is 0 Å². The van der Waals surface area contributed by atoms with Crippen molar-refractivity contribution in [2.24, 2.45) is 0 Å². The minimum Gasteiger partial charge on any atom is -0.459 e. The second kappa shape index (κ2) is 9.66. The molecule has 0 radical (unpaired) electrons. The van der Waals surface area contributed by atoms with Crippen molar-refractivity contribution in [2.75, 3.05) is 37.6 Å². The highest BCUT2D eigenvalue weighted by molar-refractivity contribution is 5.81. The van der Waals surface area contributed by atoms with Gasteiger partial charge >= 0.3 is 0 Å². The van der Waals surface area contributed by atoms with Gasteiger partial charge in [0.25, 0.3) is 5.89 Å². The van der Waals surface area contributed by atoms with E-state index in [-0.39, 0.29) is 29.4 Å². The van der Waals surface area contributed by atoms with Gasteiger partial charge in [-0.3, -0.25) is 9.69 Å². The molecule has 1 unspecified atom stereocenters.